The van der Waals surface area contributed by atoms with E-state index < -0.39 is 0 Å². The second-order valence-corrected chi connectivity index (χ2v) is 10.1. The second-order valence-electron chi connectivity index (χ2n) is 10.1. The fourth-order valence-corrected chi connectivity index (χ4v) is 3.71. The Kier molecular flexibility index (Phi) is 15.6. The molecule has 1 atom stereocenters. The molecular formula is C26H46N4O8. The highest BCUT2D eigenvalue weighted by Gasteiger charge is 2.44. The zero-order valence-corrected chi connectivity index (χ0v) is 23.5. The van der Waals surface area contributed by atoms with Gasteiger partial charge in [-0.05, 0) is 11.8 Å². The summed E-state index contributed by atoms with van der Waals surface area (Å²) in [5.41, 5.74) is 0.332. The maximum absolute atomic E-state index is 12.6. The maximum atomic E-state index is 12.6. The number of ether oxygens (including phenoxy) is 6. The lowest BCUT2D eigenvalue weighted by Crippen LogP contribution is -2.33. The first kappa shape index (κ1) is 32.3. The molecule has 0 saturated carbocycles. The van der Waals surface area contributed by atoms with Crippen LogP contribution in [-0.4, -0.2) is 111 Å². The summed E-state index contributed by atoms with van der Waals surface area (Å²) in [7, 11) is 0. The van der Waals surface area contributed by atoms with Crippen molar-refractivity contribution in [2.45, 2.75) is 53.6 Å². The first-order chi connectivity index (χ1) is 18.3. The van der Waals surface area contributed by atoms with Crippen LogP contribution in [0.3, 0.4) is 0 Å². The van der Waals surface area contributed by atoms with Crippen LogP contribution in [0.1, 0.15) is 46.2 Å². The van der Waals surface area contributed by atoms with Gasteiger partial charge in [-0.15, -0.1) is 5.10 Å². The molecule has 0 aliphatic carbocycles. The zero-order chi connectivity index (χ0) is 27.6. The topological polar surface area (TPSA) is 123 Å². The lowest BCUT2D eigenvalue weighted by Gasteiger charge is -2.24. The van der Waals surface area contributed by atoms with Crippen LogP contribution in [0.5, 0.6) is 0 Å². The van der Waals surface area contributed by atoms with Crippen LogP contribution in [0.25, 0.3) is 0 Å². The number of aromatic nitrogens is 3. The van der Waals surface area contributed by atoms with Crippen molar-refractivity contribution >= 4 is 11.8 Å². The number of carbonyl (C=O) groups is 2. The smallest absolute Gasteiger partial charge is 0.233 e. The molecule has 2 rings (SSSR count). The first-order valence-electron chi connectivity index (χ1n) is 13.5. The average molecular weight is 543 g/mol. The third kappa shape index (κ3) is 12.7. The number of imide groups is 1. The van der Waals surface area contributed by atoms with Crippen molar-refractivity contribution in [2.24, 2.45) is 11.3 Å². The van der Waals surface area contributed by atoms with Gasteiger partial charge in [-0.1, -0.05) is 32.9 Å². The number of rotatable bonds is 22. The number of nitrogens with zero attached hydrogens (tertiary/aromatic N) is 4. The van der Waals surface area contributed by atoms with Crippen LogP contribution in [-0.2, 0) is 51.1 Å². The van der Waals surface area contributed by atoms with Gasteiger partial charge in [-0.3, -0.25) is 14.5 Å². The van der Waals surface area contributed by atoms with E-state index in [0.29, 0.717) is 84.9 Å². The fourth-order valence-electron chi connectivity index (χ4n) is 3.71. The summed E-state index contributed by atoms with van der Waals surface area (Å²) in [4.78, 5) is 26.2. The molecule has 0 N–H and O–H groups in total. The van der Waals surface area contributed by atoms with E-state index in [-0.39, 0.29) is 36.1 Å². The molecule has 12 nitrogen and oxygen atoms in total. The van der Waals surface area contributed by atoms with Gasteiger partial charge in [0.2, 0.25) is 11.8 Å². The fraction of sp³-hybridized carbons (Fsp3) is 0.846. The summed E-state index contributed by atoms with van der Waals surface area (Å²) in [6, 6.07) is 0. The van der Waals surface area contributed by atoms with Crippen LogP contribution in [0, 0.1) is 11.3 Å². The van der Waals surface area contributed by atoms with Crippen molar-refractivity contribution in [1.29, 1.82) is 0 Å². The van der Waals surface area contributed by atoms with Gasteiger partial charge >= 0.3 is 0 Å². The molecule has 12 heteroatoms. The Bertz CT molecular complexity index is 798. The van der Waals surface area contributed by atoms with Crippen molar-refractivity contribution in [3.63, 3.8) is 0 Å². The van der Waals surface area contributed by atoms with E-state index in [1.165, 1.54) is 4.90 Å². The van der Waals surface area contributed by atoms with Gasteiger partial charge in [0.25, 0.3) is 0 Å². The molecule has 0 radical (unpaired) electrons. The van der Waals surface area contributed by atoms with Crippen LogP contribution >= 0.6 is 0 Å². The summed E-state index contributed by atoms with van der Waals surface area (Å²) in [5, 5.41) is 8.15. The highest BCUT2D eigenvalue weighted by Crippen LogP contribution is 2.35. The Balaban J connectivity index is 1.40. The van der Waals surface area contributed by atoms with Gasteiger partial charge < -0.3 is 28.4 Å². The molecule has 0 spiro atoms. The Labute approximate surface area is 226 Å². The van der Waals surface area contributed by atoms with E-state index in [1.807, 2.05) is 20.8 Å². The molecule has 1 aromatic heterocycles. The second kappa shape index (κ2) is 18.3. The number of likely N-dealkylation sites (tertiary alicyclic amines) is 1. The summed E-state index contributed by atoms with van der Waals surface area (Å²) in [6.07, 6.45) is 3.01. The summed E-state index contributed by atoms with van der Waals surface area (Å²) in [5.74, 6) is -0.584. The van der Waals surface area contributed by atoms with Gasteiger partial charge in [-0.2, -0.15) is 0 Å². The molecule has 1 unspecified atom stereocenters. The third-order valence-corrected chi connectivity index (χ3v) is 5.87. The van der Waals surface area contributed by atoms with Crippen LogP contribution in [0.15, 0.2) is 6.20 Å². The lowest BCUT2D eigenvalue weighted by atomic mass is 9.80. The molecule has 2 heterocycles. The minimum atomic E-state index is -0.294. The summed E-state index contributed by atoms with van der Waals surface area (Å²) >= 11 is 0. The molecule has 2 amide bonds. The monoisotopic (exact) mass is 542 g/mol. The largest absolute Gasteiger partial charge is 0.379 e. The molecular weight excluding hydrogens is 496 g/mol. The Hall–Kier alpha value is -1.96. The van der Waals surface area contributed by atoms with Gasteiger partial charge in [-0.25, -0.2) is 4.68 Å². The van der Waals surface area contributed by atoms with E-state index >= 15 is 0 Å². The first-order valence-corrected chi connectivity index (χ1v) is 13.5. The normalized spacial score (nSPS) is 16.2. The Morgan fingerprint density at radius 2 is 1.26 bits per heavy atom. The summed E-state index contributed by atoms with van der Waals surface area (Å²) in [6.45, 7) is 15.1. The van der Waals surface area contributed by atoms with Crippen molar-refractivity contribution < 1.29 is 38.0 Å². The quantitative estimate of drug-likeness (QED) is 0.158. The van der Waals surface area contributed by atoms with Crippen molar-refractivity contribution in [3.8, 4) is 0 Å². The van der Waals surface area contributed by atoms with Gasteiger partial charge in [0.1, 0.15) is 5.69 Å². The molecule has 0 bridgehead atoms. The average Bonchev–Trinajstić information content (AvgIpc) is 3.44. The molecule has 1 aliphatic heterocycles. The predicted octanol–water partition coefficient (Wildman–Crippen LogP) is 1.71. The van der Waals surface area contributed by atoms with Crippen LogP contribution < -0.4 is 0 Å². The molecule has 218 valence electrons. The van der Waals surface area contributed by atoms with Gasteiger partial charge in [0.05, 0.1) is 97.9 Å². The maximum Gasteiger partial charge on any atom is 0.233 e. The number of hydrogen-bond acceptors (Lipinski definition) is 10. The zero-order valence-electron chi connectivity index (χ0n) is 23.5. The molecule has 1 saturated heterocycles. The SMILES string of the molecule is CCCOCCOCCOCCOCCOCCOCCn1cc(CN2C(=O)CC(C(C)(C)C)C2=O)nn1. The van der Waals surface area contributed by atoms with E-state index in [9.17, 15) is 9.59 Å². The number of hydrogen-bond donors (Lipinski definition) is 0. The summed E-state index contributed by atoms with van der Waals surface area (Å²) < 4.78 is 34.3. The highest BCUT2D eigenvalue weighted by atomic mass is 16.6. The van der Waals surface area contributed by atoms with E-state index in [2.05, 4.69) is 17.2 Å². The van der Waals surface area contributed by atoms with Gasteiger partial charge in [0.15, 0.2) is 0 Å². The predicted molar refractivity (Wildman–Crippen MR) is 138 cm³/mol. The lowest BCUT2D eigenvalue weighted by molar-refractivity contribution is -0.141. The minimum Gasteiger partial charge on any atom is -0.379 e. The van der Waals surface area contributed by atoms with E-state index in [4.69, 9.17) is 28.4 Å². The van der Waals surface area contributed by atoms with Gasteiger partial charge in [0, 0.05) is 13.0 Å². The van der Waals surface area contributed by atoms with Crippen LogP contribution in [0.2, 0.25) is 0 Å². The molecule has 1 aliphatic rings. The molecule has 38 heavy (non-hydrogen) atoms. The Morgan fingerprint density at radius 1 is 0.789 bits per heavy atom. The minimum absolute atomic E-state index is 0.135. The Morgan fingerprint density at radius 3 is 1.71 bits per heavy atom. The third-order valence-electron chi connectivity index (χ3n) is 5.87. The molecule has 1 aromatic rings. The molecule has 0 aromatic carbocycles. The van der Waals surface area contributed by atoms with Crippen molar-refractivity contribution in [3.05, 3.63) is 11.9 Å². The van der Waals surface area contributed by atoms with E-state index in [1.54, 1.807) is 10.9 Å². The van der Waals surface area contributed by atoms with Crippen molar-refractivity contribution in [1.82, 2.24) is 19.9 Å². The molecule has 1 fully saturated rings. The van der Waals surface area contributed by atoms with Crippen LogP contribution in [0.4, 0.5) is 0 Å². The standard InChI is InChI=1S/C26H46N4O8/c1-5-7-33-9-11-35-13-15-37-17-18-38-16-14-36-12-10-34-8-6-29-20-22(27-28-29)21-30-24(31)19-23(25(30)32)26(2,3)4/h20,23H,5-19,21H2,1-4H3. The number of carbonyl (C=O) groups excluding carboxylic acids is 2. The van der Waals surface area contributed by atoms with Crippen molar-refractivity contribution in [2.75, 3.05) is 79.3 Å². The number of amides is 2. The highest BCUT2D eigenvalue weighted by molar-refractivity contribution is 6.03. The van der Waals surface area contributed by atoms with E-state index in [0.717, 1.165) is 13.0 Å².